The zero-order valence-electron chi connectivity index (χ0n) is 11.7. The molecule has 0 saturated carbocycles. The molecule has 2 N–H and O–H groups in total. The first-order valence-electron chi connectivity index (χ1n) is 6.87. The zero-order valence-corrected chi connectivity index (χ0v) is 12.5. The van der Waals surface area contributed by atoms with Gasteiger partial charge in [-0.05, 0) is 61.6 Å². The number of rotatable bonds is 2. The van der Waals surface area contributed by atoms with Crippen LogP contribution < -0.4 is 5.32 Å². The second kappa shape index (κ2) is 5.02. The molecule has 1 aliphatic rings. The van der Waals surface area contributed by atoms with Gasteiger partial charge in [0.2, 0.25) is 0 Å². The third kappa shape index (κ3) is 2.36. The highest BCUT2D eigenvalue weighted by atomic mass is 35.5. The van der Waals surface area contributed by atoms with Crippen molar-refractivity contribution in [1.29, 1.82) is 0 Å². The lowest BCUT2D eigenvalue weighted by Gasteiger charge is -2.17. The van der Waals surface area contributed by atoms with Gasteiger partial charge in [0.25, 0.3) is 0 Å². The van der Waals surface area contributed by atoms with Crippen molar-refractivity contribution in [3.63, 3.8) is 0 Å². The Morgan fingerprint density at radius 1 is 1.10 bits per heavy atom. The molecule has 3 rings (SSSR count). The van der Waals surface area contributed by atoms with E-state index in [0.717, 1.165) is 34.7 Å². The van der Waals surface area contributed by atoms with Crippen LogP contribution in [0.4, 0.5) is 5.69 Å². The van der Waals surface area contributed by atoms with E-state index in [4.69, 9.17) is 11.6 Å². The van der Waals surface area contributed by atoms with Gasteiger partial charge in [-0.25, -0.2) is 0 Å². The second-order valence-electron chi connectivity index (χ2n) is 5.57. The van der Waals surface area contributed by atoms with Crippen LogP contribution in [0.15, 0.2) is 30.3 Å². The van der Waals surface area contributed by atoms with Crippen LogP contribution in [0, 0.1) is 13.8 Å². The summed E-state index contributed by atoms with van der Waals surface area (Å²) >= 11 is 6.04. The van der Waals surface area contributed by atoms with Crippen LogP contribution in [-0.2, 0) is 12.8 Å². The molecular formula is C17H18ClNO. The average Bonchev–Trinajstić information content (AvgIpc) is 2.81. The van der Waals surface area contributed by atoms with Crippen LogP contribution >= 0.6 is 11.6 Å². The van der Waals surface area contributed by atoms with Crippen molar-refractivity contribution in [3.8, 4) is 5.75 Å². The van der Waals surface area contributed by atoms with Gasteiger partial charge in [0.15, 0.2) is 0 Å². The summed E-state index contributed by atoms with van der Waals surface area (Å²) < 4.78 is 0. The maximum absolute atomic E-state index is 10.0. The van der Waals surface area contributed by atoms with Crippen molar-refractivity contribution in [3.05, 3.63) is 57.6 Å². The van der Waals surface area contributed by atoms with E-state index in [2.05, 4.69) is 17.4 Å². The highest BCUT2D eigenvalue weighted by Crippen LogP contribution is 2.31. The molecule has 0 heterocycles. The summed E-state index contributed by atoms with van der Waals surface area (Å²) in [6.45, 7) is 3.86. The third-order valence-electron chi connectivity index (χ3n) is 4.09. The third-order valence-corrected chi connectivity index (χ3v) is 4.33. The van der Waals surface area contributed by atoms with Gasteiger partial charge < -0.3 is 10.4 Å². The first kappa shape index (κ1) is 13.3. The number of phenolic OH excluding ortho intramolecular Hbond substituents is 1. The summed E-state index contributed by atoms with van der Waals surface area (Å²) in [5, 5.41) is 14.4. The summed E-state index contributed by atoms with van der Waals surface area (Å²) in [7, 11) is 0. The van der Waals surface area contributed by atoms with E-state index in [1.54, 1.807) is 0 Å². The van der Waals surface area contributed by atoms with Crippen molar-refractivity contribution in [2.45, 2.75) is 32.7 Å². The van der Waals surface area contributed by atoms with Gasteiger partial charge in [0.05, 0.1) is 0 Å². The van der Waals surface area contributed by atoms with Gasteiger partial charge in [-0.2, -0.15) is 0 Å². The van der Waals surface area contributed by atoms with E-state index in [-0.39, 0.29) is 0 Å². The predicted octanol–water partition coefficient (Wildman–Crippen LogP) is 4.24. The summed E-state index contributed by atoms with van der Waals surface area (Å²) in [4.78, 5) is 0. The number of anilines is 1. The Morgan fingerprint density at radius 2 is 1.85 bits per heavy atom. The molecule has 0 bridgehead atoms. The molecule has 20 heavy (non-hydrogen) atoms. The minimum atomic E-state index is 0.365. The lowest BCUT2D eigenvalue weighted by molar-refractivity contribution is 0.467. The summed E-state index contributed by atoms with van der Waals surface area (Å²) in [5.41, 5.74) is 5.52. The fourth-order valence-corrected chi connectivity index (χ4v) is 3.10. The first-order valence-corrected chi connectivity index (χ1v) is 7.25. The smallest absolute Gasteiger partial charge is 0.123 e. The molecule has 0 aliphatic heterocycles. The molecule has 2 aromatic rings. The fourth-order valence-electron chi connectivity index (χ4n) is 2.90. The predicted molar refractivity (Wildman–Crippen MR) is 83.9 cm³/mol. The second-order valence-corrected chi connectivity index (χ2v) is 6.00. The average molecular weight is 288 g/mol. The SMILES string of the molecule is Cc1ccc(NC2Cc3ccc(Cl)cc3C2)c(C)c1O. The topological polar surface area (TPSA) is 32.3 Å². The van der Waals surface area contributed by atoms with E-state index in [0.29, 0.717) is 11.8 Å². The molecule has 1 aliphatic carbocycles. The molecule has 2 aromatic carbocycles. The monoisotopic (exact) mass is 287 g/mol. The van der Waals surface area contributed by atoms with E-state index < -0.39 is 0 Å². The summed E-state index contributed by atoms with van der Waals surface area (Å²) in [6, 6.07) is 10.5. The van der Waals surface area contributed by atoms with Crippen molar-refractivity contribution in [2.24, 2.45) is 0 Å². The van der Waals surface area contributed by atoms with Crippen LogP contribution in [0.25, 0.3) is 0 Å². The van der Waals surface area contributed by atoms with Crippen molar-refractivity contribution in [2.75, 3.05) is 5.32 Å². The van der Waals surface area contributed by atoms with E-state index in [1.165, 1.54) is 11.1 Å². The number of nitrogens with one attached hydrogen (secondary N) is 1. The normalized spacial score (nSPS) is 17.1. The molecule has 0 aromatic heterocycles. The molecule has 0 fully saturated rings. The van der Waals surface area contributed by atoms with Crippen LogP contribution in [0.5, 0.6) is 5.75 Å². The van der Waals surface area contributed by atoms with Gasteiger partial charge in [-0.1, -0.05) is 23.7 Å². The number of hydrogen-bond donors (Lipinski definition) is 2. The van der Waals surface area contributed by atoms with Crippen LogP contribution in [0.2, 0.25) is 5.02 Å². The molecule has 104 valence electrons. The van der Waals surface area contributed by atoms with Crippen molar-refractivity contribution in [1.82, 2.24) is 0 Å². The molecule has 2 nitrogen and oxygen atoms in total. The summed E-state index contributed by atoms with van der Waals surface area (Å²) in [5.74, 6) is 0.383. The number of benzene rings is 2. The molecule has 3 heteroatoms. The minimum Gasteiger partial charge on any atom is -0.507 e. The van der Waals surface area contributed by atoms with Crippen molar-refractivity contribution < 1.29 is 5.11 Å². The van der Waals surface area contributed by atoms with Gasteiger partial charge in [-0.3, -0.25) is 0 Å². The Hall–Kier alpha value is -1.67. The Balaban J connectivity index is 1.80. The molecule has 1 unspecified atom stereocenters. The van der Waals surface area contributed by atoms with Gasteiger partial charge in [-0.15, -0.1) is 0 Å². The molecular weight excluding hydrogens is 270 g/mol. The van der Waals surface area contributed by atoms with Crippen LogP contribution in [0.3, 0.4) is 0 Å². The van der Waals surface area contributed by atoms with Crippen molar-refractivity contribution >= 4 is 17.3 Å². The number of phenols is 1. The Morgan fingerprint density at radius 3 is 2.65 bits per heavy atom. The molecule has 0 radical (unpaired) electrons. The van der Waals surface area contributed by atoms with Crippen LogP contribution in [-0.4, -0.2) is 11.1 Å². The van der Waals surface area contributed by atoms with E-state index in [9.17, 15) is 5.11 Å². The Bertz CT molecular complexity index is 666. The number of hydrogen-bond acceptors (Lipinski definition) is 2. The van der Waals surface area contributed by atoms with Gasteiger partial charge >= 0.3 is 0 Å². The lowest BCUT2D eigenvalue weighted by atomic mass is 10.1. The maximum Gasteiger partial charge on any atom is 0.123 e. The highest BCUT2D eigenvalue weighted by molar-refractivity contribution is 6.30. The van der Waals surface area contributed by atoms with E-state index in [1.807, 2.05) is 32.0 Å². The molecule has 0 saturated heterocycles. The largest absolute Gasteiger partial charge is 0.507 e. The Labute approximate surface area is 124 Å². The molecule has 0 amide bonds. The standard InChI is InChI=1S/C17H18ClNO/c1-10-3-6-16(11(2)17(10)20)19-15-8-12-4-5-14(18)7-13(12)9-15/h3-7,15,19-20H,8-9H2,1-2H3. The number of halogens is 1. The zero-order chi connectivity index (χ0) is 14.3. The number of fused-ring (bicyclic) bond motifs is 1. The Kier molecular flexibility index (Phi) is 3.35. The van der Waals surface area contributed by atoms with Crippen LogP contribution in [0.1, 0.15) is 22.3 Å². The number of aryl methyl sites for hydroxylation is 1. The maximum atomic E-state index is 10.0. The summed E-state index contributed by atoms with van der Waals surface area (Å²) in [6.07, 6.45) is 1.98. The molecule has 1 atom stereocenters. The van der Waals surface area contributed by atoms with Gasteiger partial charge in [0, 0.05) is 22.3 Å². The van der Waals surface area contributed by atoms with Gasteiger partial charge in [0.1, 0.15) is 5.75 Å². The first-order chi connectivity index (χ1) is 9.54. The number of aromatic hydroxyl groups is 1. The quantitative estimate of drug-likeness (QED) is 0.866. The fraction of sp³-hybridized carbons (Fsp3) is 0.294. The minimum absolute atomic E-state index is 0.365. The highest BCUT2D eigenvalue weighted by Gasteiger charge is 2.22. The molecule has 0 spiro atoms. The lowest BCUT2D eigenvalue weighted by Crippen LogP contribution is -2.20. The van der Waals surface area contributed by atoms with E-state index >= 15 is 0 Å².